The van der Waals surface area contributed by atoms with Crippen LogP contribution in [0.2, 0.25) is 0 Å². The molecule has 1 saturated heterocycles. The molecule has 7 nitrogen and oxygen atoms in total. The summed E-state index contributed by atoms with van der Waals surface area (Å²) in [6.07, 6.45) is 1.67. The molecule has 0 atom stereocenters. The van der Waals surface area contributed by atoms with Crippen LogP contribution in [-0.2, 0) is 4.79 Å². The Morgan fingerprint density at radius 1 is 1.04 bits per heavy atom. The van der Waals surface area contributed by atoms with E-state index in [9.17, 15) is 4.79 Å². The van der Waals surface area contributed by atoms with Crippen molar-refractivity contribution in [3.8, 4) is 11.5 Å². The Labute approximate surface area is 152 Å². The van der Waals surface area contributed by atoms with Gasteiger partial charge < -0.3 is 19.7 Å². The first-order valence-corrected chi connectivity index (χ1v) is 8.86. The lowest BCUT2D eigenvalue weighted by atomic mass is 10.2. The normalized spacial score (nSPS) is 17.0. The summed E-state index contributed by atoms with van der Waals surface area (Å²) in [5, 5.41) is 2.83. The average molecular weight is 354 g/mol. The number of nitrogens with zero attached hydrogens (tertiary/aromatic N) is 3. The molecule has 0 aliphatic carbocycles. The highest BCUT2D eigenvalue weighted by molar-refractivity contribution is 5.91. The molecule has 0 unspecified atom stereocenters. The molecule has 1 aromatic carbocycles. The van der Waals surface area contributed by atoms with Gasteiger partial charge in [-0.3, -0.25) is 9.69 Å². The van der Waals surface area contributed by atoms with Crippen molar-refractivity contribution in [3.63, 3.8) is 0 Å². The summed E-state index contributed by atoms with van der Waals surface area (Å²) in [7, 11) is 0. The molecule has 2 aromatic rings. The summed E-state index contributed by atoms with van der Waals surface area (Å²) in [5.41, 5.74) is 1.07. The number of piperazine rings is 1. The van der Waals surface area contributed by atoms with Crippen LogP contribution >= 0.6 is 0 Å². The first-order chi connectivity index (χ1) is 12.8. The van der Waals surface area contributed by atoms with E-state index in [1.165, 1.54) is 0 Å². The van der Waals surface area contributed by atoms with E-state index >= 15 is 0 Å². The van der Waals surface area contributed by atoms with Gasteiger partial charge in [-0.15, -0.1) is 0 Å². The molecule has 1 fully saturated rings. The second kappa shape index (κ2) is 7.61. The molecule has 2 aliphatic rings. The van der Waals surface area contributed by atoms with E-state index in [4.69, 9.17) is 9.47 Å². The number of amides is 1. The van der Waals surface area contributed by atoms with Gasteiger partial charge in [-0.25, -0.2) is 4.98 Å². The zero-order chi connectivity index (χ0) is 17.8. The van der Waals surface area contributed by atoms with Crippen molar-refractivity contribution in [1.29, 1.82) is 0 Å². The minimum atomic E-state index is -0.0361. The third kappa shape index (κ3) is 3.72. The number of carbonyl (C=O) groups is 1. The molecule has 3 heterocycles. The highest BCUT2D eigenvalue weighted by Crippen LogP contribution is 2.39. The second-order valence-corrected chi connectivity index (χ2v) is 6.33. The maximum atomic E-state index is 12.2. The van der Waals surface area contributed by atoms with Gasteiger partial charge in [-0.05, 0) is 24.3 Å². The van der Waals surface area contributed by atoms with Gasteiger partial charge >= 0.3 is 0 Å². The molecule has 26 heavy (non-hydrogen) atoms. The lowest BCUT2D eigenvalue weighted by Gasteiger charge is -2.37. The quantitative estimate of drug-likeness (QED) is 0.900. The molecule has 0 bridgehead atoms. The summed E-state index contributed by atoms with van der Waals surface area (Å²) in [4.78, 5) is 20.7. The average Bonchev–Trinajstić information content (AvgIpc) is 2.69. The van der Waals surface area contributed by atoms with E-state index in [1.807, 2.05) is 24.3 Å². The SMILES string of the molecule is O=C(CN1CCN(c2cccc3c2OCCO3)CC1)Nc1ccccn1. The van der Waals surface area contributed by atoms with E-state index in [2.05, 4.69) is 26.2 Å². The van der Waals surface area contributed by atoms with Crippen LogP contribution in [0.3, 0.4) is 0 Å². The number of ether oxygens (including phenoxy) is 2. The van der Waals surface area contributed by atoms with Crippen molar-refractivity contribution in [2.24, 2.45) is 0 Å². The minimum Gasteiger partial charge on any atom is -0.486 e. The number of pyridine rings is 1. The lowest BCUT2D eigenvalue weighted by molar-refractivity contribution is -0.117. The van der Waals surface area contributed by atoms with Crippen LogP contribution in [0, 0.1) is 0 Å². The number of benzene rings is 1. The van der Waals surface area contributed by atoms with Gasteiger partial charge in [-0.1, -0.05) is 12.1 Å². The predicted octanol–water partition coefficient (Wildman–Crippen LogP) is 1.61. The van der Waals surface area contributed by atoms with E-state index < -0.39 is 0 Å². The van der Waals surface area contributed by atoms with E-state index in [1.54, 1.807) is 12.3 Å². The fourth-order valence-corrected chi connectivity index (χ4v) is 3.28. The lowest BCUT2D eigenvalue weighted by Crippen LogP contribution is -2.48. The summed E-state index contributed by atoms with van der Waals surface area (Å²) < 4.78 is 11.5. The van der Waals surface area contributed by atoms with Gasteiger partial charge in [0, 0.05) is 32.4 Å². The molecular formula is C19H22N4O3. The van der Waals surface area contributed by atoms with Crippen LogP contribution in [0.5, 0.6) is 11.5 Å². The van der Waals surface area contributed by atoms with Gasteiger partial charge in [0.05, 0.1) is 12.2 Å². The number of nitrogens with one attached hydrogen (secondary N) is 1. The van der Waals surface area contributed by atoms with Crippen molar-refractivity contribution in [1.82, 2.24) is 9.88 Å². The minimum absolute atomic E-state index is 0.0361. The number of para-hydroxylation sites is 1. The summed E-state index contributed by atoms with van der Waals surface area (Å²) >= 11 is 0. The maximum Gasteiger partial charge on any atom is 0.239 e. The monoisotopic (exact) mass is 354 g/mol. The Kier molecular flexibility index (Phi) is 4.88. The van der Waals surface area contributed by atoms with E-state index in [0.717, 1.165) is 43.4 Å². The molecule has 2 aliphatic heterocycles. The molecule has 1 N–H and O–H groups in total. The smallest absolute Gasteiger partial charge is 0.239 e. The topological polar surface area (TPSA) is 66.9 Å². The summed E-state index contributed by atoms with van der Waals surface area (Å²) in [6.45, 7) is 4.87. The van der Waals surface area contributed by atoms with E-state index in [-0.39, 0.29) is 5.91 Å². The molecule has 1 aromatic heterocycles. The summed E-state index contributed by atoms with van der Waals surface area (Å²) in [6, 6.07) is 11.5. The largest absolute Gasteiger partial charge is 0.486 e. The van der Waals surface area contributed by atoms with Gasteiger partial charge in [0.1, 0.15) is 19.0 Å². The number of rotatable bonds is 4. The standard InChI is InChI=1S/C19H22N4O3/c24-18(21-17-6-1-2-7-20-17)14-22-8-10-23(11-9-22)15-4-3-5-16-19(15)26-13-12-25-16/h1-7H,8-14H2,(H,20,21,24). The second-order valence-electron chi connectivity index (χ2n) is 6.33. The maximum absolute atomic E-state index is 12.2. The van der Waals surface area contributed by atoms with Crippen molar-refractivity contribution >= 4 is 17.4 Å². The van der Waals surface area contributed by atoms with E-state index in [0.29, 0.717) is 25.6 Å². The molecule has 0 spiro atoms. The number of anilines is 2. The molecule has 4 rings (SSSR count). The highest BCUT2D eigenvalue weighted by atomic mass is 16.6. The zero-order valence-corrected chi connectivity index (χ0v) is 14.6. The van der Waals surface area contributed by atoms with Gasteiger partial charge in [0.15, 0.2) is 11.5 Å². The molecule has 7 heteroatoms. The van der Waals surface area contributed by atoms with Crippen molar-refractivity contribution in [3.05, 3.63) is 42.6 Å². The molecule has 1 amide bonds. The fraction of sp³-hybridized carbons (Fsp3) is 0.368. The van der Waals surface area contributed by atoms with Crippen molar-refractivity contribution < 1.29 is 14.3 Å². The van der Waals surface area contributed by atoms with Gasteiger partial charge in [0.25, 0.3) is 0 Å². The van der Waals surface area contributed by atoms with Crippen molar-refractivity contribution in [2.75, 3.05) is 56.2 Å². The number of fused-ring (bicyclic) bond motifs is 1. The van der Waals surface area contributed by atoms with Crippen LogP contribution in [-0.4, -0.2) is 61.7 Å². The number of hydrogen-bond acceptors (Lipinski definition) is 6. The van der Waals surface area contributed by atoms with Crippen LogP contribution in [0.1, 0.15) is 0 Å². The third-order valence-electron chi connectivity index (χ3n) is 4.56. The molecule has 136 valence electrons. The Morgan fingerprint density at radius 3 is 2.69 bits per heavy atom. The predicted molar refractivity (Wildman–Crippen MR) is 99.0 cm³/mol. The van der Waals surface area contributed by atoms with Crippen LogP contribution in [0.15, 0.2) is 42.6 Å². The Hall–Kier alpha value is -2.80. The Morgan fingerprint density at radius 2 is 1.88 bits per heavy atom. The Bertz CT molecular complexity index is 761. The van der Waals surface area contributed by atoms with Crippen molar-refractivity contribution in [2.45, 2.75) is 0 Å². The zero-order valence-electron chi connectivity index (χ0n) is 14.6. The van der Waals surface area contributed by atoms with Gasteiger partial charge in [-0.2, -0.15) is 0 Å². The highest BCUT2D eigenvalue weighted by Gasteiger charge is 2.24. The number of carbonyl (C=O) groups excluding carboxylic acids is 1. The van der Waals surface area contributed by atoms with Gasteiger partial charge in [0.2, 0.25) is 5.91 Å². The third-order valence-corrected chi connectivity index (χ3v) is 4.56. The molecule has 0 saturated carbocycles. The van der Waals surface area contributed by atoms with Crippen LogP contribution < -0.4 is 19.7 Å². The van der Waals surface area contributed by atoms with Crippen LogP contribution in [0.4, 0.5) is 11.5 Å². The van der Waals surface area contributed by atoms with Crippen LogP contribution in [0.25, 0.3) is 0 Å². The summed E-state index contributed by atoms with van der Waals surface area (Å²) in [5.74, 6) is 2.20. The fourth-order valence-electron chi connectivity index (χ4n) is 3.28. The first-order valence-electron chi connectivity index (χ1n) is 8.86. The number of hydrogen-bond donors (Lipinski definition) is 1. The Balaban J connectivity index is 1.32. The number of aromatic nitrogens is 1. The first kappa shape index (κ1) is 16.7. The molecular weight excluding hydrogens is 332 g/mol. The molecule has 0 radical (unpaired) electrons.